The molecule has 4 nitrogen and oxygen atoms in total. The van der Waals surface area contributed by atoms with Gasteiger partial charge in [-0.05, 0) is 24.7 Å². The van der Waals surface area contributed by atoms with E-state index < -0.39 is 11.7 Å². The van der Waals surface area contributed by atoms with Crippen LogP contribution in [-0.4, -0.2) is 43.1 Å². The molecule has 0 spiro atoms. The van der Waals surface area contributed by atoms with Gasteiger partial charge in [-0.1, -0.05) is 24.3 Å². The van der Waals surface area contributed by atoms with Gasteiger partial charge >= 0.3 is 6.18 Å². The van der Waals surface area contributed by atoms with Crippen molar-refractivity contribution in [2.24, 2.45) is 0 Å². The third-order valence-electron chi connectivity index (χ3n) is 4.62. The Morgan fingerprint density at radius 1 is 0.962 bits per heavy atom. The average Bonchev–Trinajstić information content (AvgIpc) is 2.62. The molecule has 1 N–H and O–H groups in total. The molecule has 3 rings (SSSR count). The highest BCUT2D eigenvalue weighted by atomic mass is 19.4. The van der Waals surface area contributed by atoms with E-state index in [-0.39, 0.29) is 12.1 Å². The first-order valence-corrected chi connectivity index (χ1v) is 8.68. The number of nitrogens with zero attached hydrogens (tertiary/aromatic N) is 3. The van der Waals surface area contributed by atoms with E-state index in [4.69, 9.17) is 0 Å². The molecule has 2 aromatic rings. The lowest BCUT2D eigenvalue weighted by Gasteiger charge is -2.34. The quantitative estimate of drug-likeness (QED) is 0.883. The average molecular weight is 364 g/mol. The summed E-state index contributed by atoms with van der Waals surface area (Å²) in [5, 5.41) is 3.14. The Morgan fingerprint density at radius 2 is 1.62 bits per heavy atom. The predicted octanol–water partition coefficient (Wildman–Crippen LogP) is 3.14. The first-order chi connectivity index (χ1) is 12.4. The second kappa shape index (κ2) is 8.05. The zero-order chi connectivity index (χ0) is 18.6. The van der Waals surface area contributed by atoms with E-state index in [0.29, 0.717) is 6.54 Å². The molecule has 1 saturated heterocycles. The molecule has 0 bridgehead atoms. The zero-order valence-corrected chi connectivity index (χ0v) is 14.8. The van der Waals surface area contributed by atoms with E-state index >= 15 is 0 Å². The van der Waals surface area contributed by atoms with Crippen LogP contribution in [0.5, 0.6) is 0 Å². The topological polar surface area (TPSA) is 31.4 Å². The summed E-state index contributed by atoms with van der Waals surface area (Å²) in [5.41, 5.74) is 0.671. The number of hydrogen-bond donors (Lipinski definition) is 1. The lowest BCUT2D eigenvalue weighted by molar-refractivity contribution is -0.138. The highest BCUT2D eigenvalue weighted by Gasteiger charge is 2.32. The van der Waals surface area contributed by atoms with Gasteiger partial charge in [-0.15, -0.1) is 0 Å². The van der Waals surface area contributed by atoms with Crippen LogP contribution in [0.25, 0.3) is 0 Å². The summed E-state index contributed by atoms with van der Waals surface area (Å²) >= 11 is 0. The van der Waals surface area contributed by atoms with Gasteiger partial charge in [0.25, 0.3) is 0 Å². The van der Waals surface area contributed by atoms with Crippen LogP contribution in [0, 0.1) is 0 Å². The number of likely N-dealkylation sites (N-methyl/N-ethyl adjacent to an activating group) is 1. The number of piperazine rings is 1. The standard InChI is InChI=1S/C19H23F3N4/c1-25-9-11-26(12-10-25)18-16(6-4-8-24-18)14-23-13-15-5-2-3-7-17(15)19(20,21)22/h2-8,23H,9-14H2,1H3. The van der Waals surface area contributed by atoms with Crippen molar-refractivity contribution < 1.29 is 13.2 Å². The van der Waals surface area contributed by atoms with Gasteiger partial charge in [0.1, 0.15) is 5.82 Å². The second-order valence-electron chi connectivity index (χ2n) is 6.53. The smallest absolute Gasteiger partial charge is 0.354 e. The molecule has 140 valence electrons. The minimum atomic E-state index is -4.34. The molecule has 1 aliphatic rings. The Hall–Kier alpha value is -2.12. The third kappa shape index (κ3) is 4.53. The first kappa shape index (κ1) is 18.7. The molecule has 2 heterocycles. The Morgan fingerprint density at radius 3 is 2.35 bits per heavy atom. The van der Waals surface area contributed by atoms with E-state index in [0.717, 1.165) is 43.6 Å². The SMILES string of the molecule is CN1CCN(c2ncccc2CNCc2ccccc2C(F)(F)F)CC1. The fourth-order valence-corrected chi connectivity index (χ4v) is 3.15. The van der Waals surface area contributed by atoms with Crippen molar-refractivity contribution in [2.75, 3.05) is 38.1 Å². The summed E-state index contributed by atoms with van der Waals surface area (Å²) in [6.07, 6.45) is -2.58. The van der Waals surface area contributed by atoms with Gasteiger partial charge in [-0.2, -0.15) is 13.2 Å². The number of aromatic nitrogens is 1. The van der Waals surface area contributed by atoms with Crippen molar-refractivity contribution >= 4 is 5.82 Å². The van der Waals surface area contributed by atoms with Crippen LogP contribution in [0.1, 0.15) is 16.7 Å². The maximum absolute atomic E-state index is 13.1. The van der Waals surface area contributed by atoms with E-state index in [1.807, 2.05) is 12.1 Å². The molecule has 1 aromatic carbocycles. The van der Waals surface area contributed by atoms with Crippen molar-refractivity contribution in [1.29, 1.82) is 0 Å². The number of nitrogens with one attached hydrogen (secondary N) is 1. The summed E-state index contributed by atoms with van der Waals surface area (Å²) in [6.45, 7) is 4.38. The number of pyridine rings is 1. The minimum Gasteiger partial charge on any atom is -0.354 e. The molecule has 0 atom stereocenters. The normalized spacial score (nSPS) is 16.1. The highest BCUT2D eigenvalue weighted by Crippen LogP contribution is 2.31. The van der Waals surface area contributed by atoms with E-state index in [1.54, 1.807) is 12.3 Å². The van der Waals surface area contributed by atoms with Gasteiger partial charge in [-0.25, -0.2) is 4.98 Å². The van der Waals surface area contributed by atoms with Crippen molar-refractivity contribution in [3.05, 3.63) is 59.3 Å². The summed E-state index contributed by atoms with van der Waals surface area (Å²) in [6, 6.07) is 9.52. The lowest BCUT2D eigenvalue weighted by atomic mass is 10.1. The fraction of sp³-hybridized carbons (Fsp3) is 0.421. The van der Waals surface area contributed by atoms with Gasteiger partial charge in [0.2, 0.25) is 0 Å². The molecule has 1 fully saturated rings. The van der Waals surface area contributed by atoms with E-state index in [2.05, 4.69) is 27.1 Å². The van der Waals surface area contributed by atoms with Crippen molar-refractivity contribution in [3.63, 3.8) is 0 Å². The van der Waals surface area contributed by atoms with Crippen molar-refractivity contribution in [1.82, 2.24) is 15.2 Å². The lowest BCUT2D eigenvalue weighted by Crippen LogP contribution is -2.45. The highest BCUT2D eigenvalue weighted by molar-refractivity contribution is 5.47. The Bertz CT molecular complexity index is 725. The molecule has 26 heavy (non-hydrogen) atoms. The van der Waals surface area contributed by atoms with Gasteiger partial charge in [0, 0.05) is 51.0 Å². The molecule has 0 aliphatic carbocycles. The van der Waals surface area contributed by atoms with Crippen LogP contribution in [0.2, 0.25) is 0 Å². The summed E-state index contributed by atoms with van der Waals surface area (Å²) in [4.78, 5) is 9.00. The van der Waals surface area contributed by atoms with Crippen LogP contribution < -0.4 is 10.2 Å². The minimum absolute atomic E-state index is 0.159. The first-order valence-electron chi connectivity index (χ1n) is 8.68. The van der Waals surface area contributed by atoms with Gasteiger partial charge in [0.05, 0.1) is 5.56 Å². The number of anilines is 1. The Kier molecular flexibility index (Phi) is 5.78. The van der Waals surface area contributed by atoms with Crippen LogP contribution in [0.3, 0.4) is 0 Å². The zero-order valence-electron chi connectivity index (χ0n) is 14.8. The fourth-order valence-electron chi connectivity index (χ4n) is 3.15. The van der Waals surface area contributed by atoms with Crippen LogP contribution >= 0.6 is 0 Å². The number of rotatable bonds is 5. The van der Waals surface area contributed by atoms with Crippen LogP contribution in [-0.2, 0) is 19.3 Å². The molecule has 0 amide bonds. The number of benzene rings is 1. The number of hydrogen-bond acceptors (Lipinski definition) is 4. The summed E-state index contributed by atoms with van der Waals surface area (Å²) in [5.74, 6) is 0.914. The van der Waals surface area contributed by atoms with Gasteiger partial charge in [0.15, 0.2) is 0 Å². The predicted molar refractivity (Wildman–Crippen MR) is 95.9 cm³/mol. The molecule has 0 radical (unpaired) electrons. The maximum Gasteiger partial charge on any atom is 0.416 e. The second-order valence-corrected chi connectivity index (χ2v) is 6.53. The molecule has 0 saturated carbocycles. The molecule has 7 heteroatoms. The molecular weight excluding hydrogens is 341 g/mol. The summed E-state index contributed by atoms with van der Waals surface area (Å²) in [7, 11) is 2.09. The molecule has 0 unspecified atom stereocenters. The summed E-state index contributed by atoms with van der Waals surface area (Å²) < 4.78 is 39.3. The maximum atomic E-state index is 13.1. The van der Waals surface area contributed by atoms with E-state index in [9.17, 15) is 13.2 Å². The van der Waals surface area contributed by atoms with Gasteiger partial charge < -0.3 is 15.1 Å². The van der Waals surface area contributed by atoms with E-state index in [1.165, 1.54) is 12.1 Å². The third-order valence-corrected chi connectivity index (χ3v) is 4.62. The monoisotopic (exact) mass is 364 g/mol. The molecule has 1 aliphatic heterocycles. The van der Waals surface area contributed by atoms with Gasteiger partial charge in [-0.3, -0.25) is 0 Å². The Labute approximate surface area is 151 Å². The van der Waals surface area contributed by atoms with Crippen LogP contribution in [0.4, 0.5) is 19.0 Å². The number of alkyl halides is 3. The molecule has 1 aromatic heterocycles. The van der Waals surface area contributed by atoms with Crippen LogP contribution in [0.15, 0.2) is 42.6 Å². The Balaban J connectivity index is 1.66. The molecular formula is C19H23F3N4. The number of halogens is 3. The van der Waals surface area contributed by atoms with Crippen molar-refractivity contribution in [2.45, 2.75) is 19.3 Å². The van der Waals surface area contributed by atoms with Crippen molar-refractivity contribution in [3.8, 4) is 0 Å². The largest absolute Gasteiger partial charge is 0.416 e.